The van der Waals surface area contributed by atoms with E-state index in [9.17, 15) is 4.79 Å². The van der Waals surface area contributed by atoms with Crippen LogP contribution in [-0.4, -0.2) is 22.3 Å². The maximum atomic E-state index is 11.9. The van der Waals surface area contributed by atoms with Gasteiger partial charge in [0.2, 0.25) is 10.3 Å². The van der Waals surface area contributed by atoms with Crippen LogP contribution >= 0.6 is 49.9 Å². The molecule has 3 aromatic rings. The summed E-state index contributed by atoms with van der Waals surface area (Å²) in [5, 5.41) is 13.3. The predicted octanol–water partition coefficient (Wildman–Crippen LogP) is 4.43. The lowest BCUT2D eigenvalue weighted by Gasteiger charge is -1.95. The number of anilines is 1. The number of thiophene rings is 2. The van der Waals surface area contributed by atoms with Crippen LogP contribution in [0.3, 0.4) is 0 Å². The molecule has 0 atom stereocenters. The summed E-state index contributed by atoms with van der Waals surface area (Å²) in [5.41, 5.74) is 0. The SMILES string of the molecule is O=C(Nc1nnc(/N=C/c2ccc(Br)s2)s1)c1cccs1. The molecule has 9 heteroatoms. The fraction of sp³-hybridized carbons (Fsp3) is 0. The van der Waals surface area contributed by atoms with Crippen LogP contribution in [0.4, 0.5) is 10.3 Å². The van der Waals surface area contributed by atoms with Crippen LogP contribution < -0.4 is 5.32 Å². The molecule has 106 valence electrons. The number of halogens is 1. The van der Waals surface area contributed by atoms with Crippen molar-refractivity contribution >= 4 is 72.3 Å². The maximum absolute atomic E-state index is 11.9. The van der Waals surface area contributed by atoms with Gasteiger partial charge in [-0.3, -0.25) is 10.1 Å². The van der Waals surface area contributed by atoms with Crippen LogP contribution in [0, 0.1) is 0 Å². The Morgan fingerprint density at radius 2 is 2.19 bits per heavy atom. The molecule has 0 saturated heterocycles. The van der Waals surface area contributed by atoms with Crippen LogP contribution in [0.2, 0.25) is 0 Å². The molecule has 0 saturated carbocycles. The van der Waals surface area contributed by atoms with Gasteiger partial charge in [-0.1, -0.05) is 17.4 Å². The van der Waals surface area contributed by atoms with Crippen LogP contribution in [0.1, 0.15) is 14.5 Å². The van der Waals surface area contributed by atoms with Gasteiger partial charge in [0.1, 0.15) is 0 Å². The molecule has 3 heterocycles. The average Bonchev–Trinajstić information content (AvgIpc) is 3.17. The highest BCUT2D eigenvalue weighted by Gasteiger charge is 2.10. The van der Waals surface area contributed by atoms with Crippen LogP contribution in [0.5, 0.6) is 0 Å². The van der Waals surface area contributed by atoms with E-state index in [0.717, 1.165) is 8.66 Å². The molecule has 21 heavy (non-hydrogen) atoms. The Kier molecular flexibility index (Phi) is 4.54. The van der Waals surface area contributed by atoms with Gasteiger partial charge < -0.3 is 0 Å². The highest BCUT2D eigenvalue weighted by molar-refractivity contribution is 9.11. The highest BCUT2D eigenvalue weighted by Crippen LogP contribution is 2.25. The van der Waals surface area contributed by atoms with Crippen molar-refractivity contribution in [2.75, 3.05) is 5.32 Å². The van der Waals surface area contributed by atoms with Gasteiger partial charge in [0.05, 0.1) is 8.66 Å². The van der Waals surface area contributed by atoms with Gasteiger partial charge in [-0.05, 0) is 39.5 Å². The maximum Gasteiger partial charge on any atom is 0.267 e. The Hall–Kier alpha value is -1.42. The van der Waals surface area contributed by atoms with Crippen molar-refractivity contribution in [3.05, 3.63) is 43.2 Å². The molecule has 0 spiro atoms. The standard InChI is InChI=1S/C12H7BrN4OS3/c13-9-4-3-7(20-9)6-14-11-16-17-12(21-11)15-10(18)8-2-1-5-19-8/h1-6H,(H,15,17,18)/b14-6+. The number of carbonyl (C=O) groups excluding carboxylic acids is 1. The Morgan fingerprint density at radius 3 is 2.90 bits per heavy atom. The van der Waals surface area contributed by atoms with E-state index in [1.807, 2.05) is 23.6 Å². The van der Waals surface area contributed by atoms with Crippen molar-refractivity contribution < 1.29 is 4.79 Å². The fourth-order valence-electron chi connectivity index (χ4n) is 1.40. The molecule has 3 rings (SSSR count). The Bertz CT molecular complexity index is 778. The van der Waals surface area contributed by atoms with Crippen LogP contribution in [0.15, 0.2) is 38.4 Å². The second-order valence-electron chi connectivity index (χ2n) is 3.72. The van der Waals surface area contributed by atoms with E-state index in [1.54, 1.807) is 23.6 Å². The second kappa shape index (κ2) is 6.56. The molecule has 1 N–H and O–H groups in total. The number of hydrogen-bond acceptors (Lipinski definition) is 7. The third-order valence-corrected chi connectivity index (χ3v) is 5.45. The van der Waals surface area contributed by atoms with Crippen LogP contribution in [0.25, 0.3) is 0 Å². The second-order valence-corrected chi connectivity index (χ2v) is 8.12. The number of carbonyl (C=O) groups is 1. The first kappa shape index (κ1) is 14.5. The van der Waals surface area contributed by atoms with Crippen molar-refractivity contribution in [2.24, 2.45) is 4.99 Å². The predicted molar refractivity (Wildman–Crippen MR) is 91.5 cm³/mol. The molecule has 5 nitrogen and oxygen atoms in total. The van der Waals surface area contributed by atoms with E-state index < -0.39 is 0 Å². The number of nitrogens with one attached hydrogen (secondary N) is 1. The summed E-state index contributed by atoms with van der Waals surface area (Å²) in [6.07, 6.45) is 1.72. The lowest BCUT2D eigenvalue weighted by molar-refractivity contribution is 0.103. The lowest BCUT2D eigenvalue weighted by Crippen LogP contribution is -2.09. The van der Waals surface area contributed by atoms with E-state index in [1.165, 1.54) is 22.7 Å². The Labute approximate surface area is 140 Å². The van der Waals surface area contributed by atoms with Crippen molar-refractivity contribution in [3.8, 4) is 0 Å². The van der Waals surface area contributed by atoms with E-state index in [-0.39, 0.29) is 5.91 Å². The molecule has 1 amide bonds. The molecule has 0 unspecified atom stereocenters. The zero-order valence-electron chi connectivity index (χ0n) is 10.3. The van der Waals surface area contributed by atoms with Crippen molar-refractivity contribution in [1.29, 1.82) is 0 Å². The van der Waals surface area contributed by atoms with Crippen molar-refractivity contribution in [3.63, 3.8) is 0 Å². The topological polar surface area (TPSA) is 67.2 Å². The first-order valence-electron chi connectivity index (χ1n) is 5.68. The molecule has 0 radical (unpaired) electrons. The van der Waals surface area contributed by atoms with E-state index in [2.05, 4.69) is 36.4 Å². The fourth-order valence-corrected chi connectivity index (χ4v) is 3.90. The summed E-state index contributed by atoms with van der Waals surface area (Å²) >= 11 is 7.58. The molecular weight excluding hydrogens is 392 g/mol. The van der Waals surface area contributed by atoms with Gasteiger partial charge in [0.25, 0.3) is 5.91 Å². The van der Waals surface area contributed by atoms with Gasteiger partial charge in [-0.25, -0.2) is 4.99 Å². The van der Waals surface area contributed by atoms with Gasteiger partial charge in [-0.15, -0.1) is 32.9 Å². The minimum atomic E-state index is -0.182. The summed E-state index contributed by atoms with van der Waals surface area (Å²) in [6, 6.07) is 7.50. The zero-order chi connectivity index (χ0) is 14.7. The number of amides is 1. The minimum Gasteiger partial charge on any atom is -0.296 e. The van der Waals surface area contributed by atoms with Crippen molar-refractivity contribution in [1.82, 2.24) is 10.2 Å². The summed E-state index contributed by atoms with van der Waals surface area (Å²) < 4.78 is 1.05. The van der Waals surface area contributed by atoms with Crippen molar-refractivity contribution in [2.45, 2.75) is 0 Å². The monoisotopic (exact) mass is 398 g/mol. The quantitative estimate of drug-likeness (QED) is 0.660. The summed E-state index contributed by atoms with van der Waals surface area (Å²) in [4.78, 5) is 17.8. The first-order valence-corrected chi connectivity index (χ1v) is 8.99. The first-order chi connectivity index (χ1) is 10.2. The zero-order valence-corrected chi connectivity index (χ0v) is 14.4. The van der Waals surface area contributed by atoms with Gasteiger partial charge >= 0.3 is 0 Å². The molecule has 0 aliphatic carbocycles. The average molecular weight is 399 g/mol. The number of rotatable bonds is 4. The largest absolute Gasteiger partial charge is 0.296 e. The Morgan fingerprint density at radius 1 is 1.29 bits per heavy atom. The smallest absolute Gasteiger partial charge is 0.267 e. The summed E-state index contributed by atoms with van der Waals surface area (Å²) in [7, 11) is 0. The molecule has 0 aliphatic rings. The molecular formula is C12H7BrN4OS3. The molecule has 0 bridgehead atoms. The number of nitrogens with zero attached hydrogens (tertiary/aromatic N) is 3. The molecule has 0 aliphatic heterocycles. The van der Waals surface area contributed by atoms with Crippen LogP contribution in [-0.2, 0) is 0 Å². The molecule has 3 aromatic heterocycles. The van der Waals surface area contributed by atoms with Gasteiger partial charge in [-0.2, -0.15) is 0 Å². The number of aromatic nitrogens is 2. The molecule has 0 aromatic carbocycles. The minimum absolute atomic E-state index is 0.182. The normalized spacial score (nSPS) is 11.1. The van der Waals surface area contributed by atoms with E-state index in [0.29, 0.717) is 15.1 Å². The number of aliphatic imine (C=N–C) groups is 1. The van der Waals surface area contributed by atoms with Gasteiger partial charge in [0.15, 0.2) is 0 Å². The van der Waals surface area contributed by atoms with Gasteiger partial charge in [0, 0.05) is 11.1 Å². The summed E-state index contributed by atoms with van der Waals surface area (Å²) in [6.45, 7) is 0. The summed E-state index contributed by atoms with van der Waals surface area (Å²) in [5.74, 6) is -0.182. The van der Waals surface area contributed by atoms with E-state index >= 15 is 0 Å². The third kappa shape index (κ3) is 3.82. The highest BCUT2D eigenvalue weighted by atomic mass is 79.9. The molecule has 0 fully saturated rings. The lowest BCUT2D eigenvalue weighted by atomic mass is 10.4. The van der Waals surface area contributed by atoms with E-state index in [4.69, 9.17) is 0 Å². The third-order valence-electron chi connectivity index (χ3n) is 2.28. The number of hydrogen-bond donors (Lipinski definition) is 1. The Balaban J connectivity index is 1.66.